The van der Waals surface area contributed by atoms with Crippen LogP contribution in [0.1, 0.15) is 37.4 Å². The number of carbonyl (C=O) groups is 2. The van der Waals surface area contributed by atoms with E-state index in [4.69, 9.17) is 5.73 Å². The van der Waals surface area contributed by atoms with Gasteiger partial charge < -0.3 is 16.0 Å². The molecular weight excluding hydrogens is 350 g/mol. The van der Waals surface area contributed by atoms with Crippen LogP contribution < -0.4 is 11.1 Å². The van der Waals surface area contributed by atoms with E-state index in [0.29, 0.717) is 28.1 Å². The van der Waals surface area contributed by atoms with E-state index < -0.39 is 0 Å². The molecule has 0 saturated carbocycles. The van der Waals surface area contributed by atoms with Gasteiger partial charge in [0.25, 0.3) is 0 Å². The SMILES string of the molecule is CN(C)Cc1ccccc1Nc1ccc(N)c2c1C(=O)c1ccccc1C2=O. The van der Waals surface area contributed by atoms with E-state index in [0.717, 1.165) is 17.8 Å². The summed E-state index contributed by atoms with van der Waals surface area (Å²) < 4.78 is 0. The average molecular weight is 371 g/mol. The average Bonchev–Trinajstić information content (AvgIpc) is 2.68. The Bertz CT molecular complexity index is 1100. The standard InChI is InChI=1S/C23H21N3O2/c1-26(2)13-14-7-3-6-10-18(14)25-19-12-11-17(24)20-21(19)23(28)16-9-5-4-8-15(16)22(20)27/h3-12,25H,13,24H2,1-2H3. The van der Waals surface area contributed by atoms with Crippen LogP contribution in [0.25, 0.3) is 0 Å². The van der Waals surface area contributed by atoms with Crippen LogP contribution in [0.5, 0.6) is 0 Å². The van der Waals surface area contributed by atoms with Gasteiger partial charge in [-0.25, -0.2) is 0 Å². The normalized spacial score (nSPS) is 12.7. The van der Waals surface area contributed by atoms with Gasteiger partial charge in [0.1, 0.15) is 0 Å². The van der Waals surface area contributed by atoms with E-state index in [1.165, 1.54) is 0 Å². The van der Waals surface area contributed by atoms with Crippen molar-refractivity contribution < 1.29 is 9.59 Å². The molecule has 4 rings (SSSR count). The molecule has 0 radical (unpaired) electrons. The summed E-state index contributed by atoms with van der Waals surface area (Å²) in [4.78, 5) is 28.3. The highest BCUT2D eigenvalue weighted by Crippen LogP contribution is 2.36. The molecule has 3 N–H and O–H groups in total. The van der Waals surface area contributed by atoms with Gasteiger partial charge in [-0.15, -0.1) is 0 Å². The van der Waals surface area contributed by atoms with Crippen LogP contribution in [0.4, 0.5) is 17.1 Å². The monoisotopic (exact) mass is 371 g/mol. The molecule has 0 aromatic heterocycles. The molecule has 0 saturated heterocycles. The lowest BCUT2D eigenvalue weighted by Crippen LogP contribution is -2.23. The largest absolute Gasteiger partial charge is 0.398 e. The molecule has 3 aromatic rings. The minimum absolute atomic E-state index is 0.190. The van der Waals surface area contributed by atoms with Crippen molar-refractivity contribution in [2.75, 3.05) is 25.1 Å². The number of para-hydroxylation sites is 1. The molecule has 0 bridgehead atoms. The maximum Gasteiger partial charge on any atom is 0.196 e. The lowest BCUT2D eigenvalue weighted by atomic mass is 9.82. The third kappa shape index (κ3) is 2.96. The number of benzene rings is 3. The summed E-state index contributed by atoms with van der Waals surface area (Å²) in [5.41, 5.74) is 10.4. The van der Waals surface area contributed by atoms with E-state index in [1.54, 1.807) is 36.4 Å². The maximum atomic E-state index is 13.2. The van der Waals surface area contributed by atoms with Gasteiger partial charge in [0.2, 0.25) is 0 Å². The van der Waals surface area contributed by atoms with Crippen LogP contribution in [-0.2, 0) is 6.54 Å². The van der Waals surface area contributed by atoms with Crippen molar-refractivity contribution in [1.29, 1.82) is 0 Å². The number of nitrogens with two attached hydrogens (primary N) is 1. The maximum absolute atomic E-state index is 13.2. The Hall–Kier alpha value is -3.44. The fourth-order valence-electron chi connectivity index (χ4n) is 3.62. The van der Waals surface area contributed by atoms with Crippen molar-refractivity contribution in [2.24, 2.45) is 0 Å². The zero-order valence-electron chi connectivity index (χ0n) is 15.8. The van der Waals surface area contributed by atoms with Gasteiger partial charge in [-0.3, -0.25) is 9.59 Å². The Balaban J connectivity index is 1.84. The Morgan fingerprint density at radius 2 is 1.39 bits per heavy atom. The second-order valence-electron chi connectivity index (χ2n) is 7.18. The van der Waals surface area contributed by atoms with Crippen LogP contribution >= 0.6 is 0 Å². The number of nitrogens with one attached hydrogen (secondary N) is 1. The van der Waals surface area contributed by atoms with Gasteiger partial charge in [0.05, 0.1) is 16.8 Å². The molecule has 1 aliphatic rings. The smallest absolute Gasteiger partial charge is 0.196 e. The minimum Gasteiger partial charge on any atom is -0.398 e. The number of hydrogen-bond acceptors (Lipinski definition) is 5. The molecule has 0 heterocycles. The number of fused-ring (bicyclic) bond motifs is 2. The molecule has 5 heteroatoms. The summed E-state index contributed by atoms with van der Waals surface area (Å²) in [6, 6.07) is 18.2. The van der Waals surface area contributed by atoms with Crippen molar-refractivity contribution >= 4 is 28.6 Å². The van der Waals surface area contributed by atoms with E-state index in [1.807, 2.05) is 38.4 Å². The highest BCUT2D eigenvalue weighted by molar-refractivity contribution is 6.31. The lowest BCUT2D eigenvalue weighted by Gasteiger charge is -2.23. The van der Waals surface area contributed by atoms with Gasteiger partial charge in [-0.05, 0) is 37.9 Å². The summed E-state index contributed by atoms with van der Waals surface area (Å²) in [6.45, 7) is 0.746. The van der Waals surface area contributed by atoms with Gasteiger partial charge in [0, 0.05) is 29.0 Å². The predicted octanol–water partition coefficient (Wildman–Crippen LogP) is 3.85. The second kappa shape index (κ2) is 6.94. The summed E-state index contributed by atoms with van der Waals surface area (Å²) >= 11 is 0. The zero-order valence-corrected chi connectivity index (χ0v) is 15.8. The Morgan fingerprint density at radius 1 is 0.786 bits per heavy atom. The number of anilines is 3. The first-order valence-corrected chi connectivity index (χ1v) is 9.08. The van der Waals surface area contributed by atoms with E-state index in [-0.39, 0.29) is 17.1 Å². The first-order valence-electron chi connectivity index (χ1n) is 9.08. The molecule has 140 valence electrons. The highest BCUT2D eigenvalue weighted by Gasteiger charge is 2.33. The van der Waals surface area contributed by atoms with Gasteiger partial charge >= 0.3 is 0 Å². The summed E-state index contributed by atoms with van der Waals surface area (Å²) in [5, 5.41) is 3.36. The molecule has 3 aromatic carbocycles. The molecule has 0 aliphatic heterocycles. The molecular formula is C23H21N3O2. The number of nitrogen functional groups attached to an aromatic ring is 1. The van der Waals surface area contributed by atoms with Crippen LogP contribution in [0.3, 0.4) is 0 Å². The van der Waals surface area contributed by atoms with Crippen molar-refractivity contribution in [2.45, 2.75) is 6.54 Å². The molecule has 28 heavy (non-hydrogen) atoms. The molecule has 0 amide bonds. The minimum atomic E-state index is -0.215. The van der Waals surface area contributed by atoms with Crippen molar-refractivity contribution in [3.8, 4) is 0 Å². The van der Waals surface area contributed by atoms with Crippen molar-refractivity contribution in [3.05, 3.63) is 88.5 Å². The molecule has 0 fully saturated rings. The Kier molecular flexibility index (Phi) is 4.45. The van der Waals surface area contributed by atoms with Crippen molar-refractivity contribution in [1.82, 2.24) is 4.90 Å². The number of nitrogens with zero attached hydrogens (tertiary/aromatic N) is 1. The van der Waals surface area contributed by atoms with Crippen molar-refractivity contribution in [3.63, 3.8) is 0 Å². The van der Waals surface area contributed by atoms with Gasteiger partial charge in [-0.1, -0.05) is 42.5 Å². The summed E-state index contributed by atoms with van der Waals surface area (Å²) in [6.07, 6.45) is 0. The summed E-state index contributed by atoms with van der Waals surface area (Å²) in [5.74, 6) is -0.405. The van der Waals surface area contributed by atoms with Crippen LogP contribution in [-0.4, -0.2) is 30.6 Å². The summed E-state index contributed by atoms with van der Waals surface area (Å²) in [7, 11) is 4.00. The number of rotatable bonds is 4. The Labute approximate surface area is 163 Å². The van der Waals surface area contributed by atoms with Gasteiger partial charge in [-0.2, -0.15) is 0 Å². The molecule has 0 unspecified atom stereocenters. The van der Waals surface area contributed by atoms with E-state index in [9.17, 15) is 9.59 Å². The third-order valence-electron chi connectivity index (χ3n) is 4.88. The van der Waals surface area contributed by atoms with Gasteiger partial charge in [0.15, 0.2) is 11.6 Å². The number of ketones is 2. The van der Waals surface area contributed by atoms with E-state index >= 15 is 0 Å². The molecule has 0 spiro atoms. The fourth-order valence-corrected chi connectivity index (χ4v) is 3.62. The predicted molar refractivity (Wildman–Crippen MR) is 111 cm³/mol. The van der Waals surface area contributed by atoms with Crippen LogP contribution in [0.2, 0.25) is 0 Å². The number of hydrogen-bond donors (Lipinski definition) is 2. The Morgan fingerprint density at radius 3 is 2.07 bits per heavy atom. The zero-order chi connectivity index (χ0) is 19.8. The first kappa shape index (κ1) is 17.9. The fraction of sp³-hybridized carbons (Fsp3) is 0.130. The quantitative estimate of drug-likeness (QED) is 0.533. The highest BCUT2D eigenvalue weighted by atomic mass is 16.1. The first-order chi connectivity index (χ1) is 13.5. The topological polar surface area (TPSA) is 75.4 Å². The van der Waals surface area contributed by atoms with Crippen LogP contribution in [0, 0.1) is 0 Å². The second-order valence-corrected chi connectivity index (χ2v) is 7.18. The number of carbonyl (C=O) groups excluding carboxylic acids is 2. The lowest BCUT2D eigenvalue weighted by molar-refractivity contribution is 0.0980. The van der Waals surface area contributed by atoms with E-state index in [2.05, 4.69) is 10.2 Å². The molecule has 1 aliphatic carbocycles. The molecule has 0 atom stereocenters. The molecule has 5 nitrogen and oxygen atoms in total. The van der Waals surface area contributed by atoms with Crippen LogP contribution in [0.15, 0.2) is 60.7 Å². The third-order valence-corrected chi connectivity index (χ3v) is 4.88.